The van der Waals surface area contributed by atoms with Crippen molar-refractivity contribution in [3.05, 3.63) is 241 Å². The summed E-state index contributed by atoms with van der Waals surface area (Å²) in [6.45, 7) is 9.42. The van der Waals surface area contributed by atoms with Gasteiger partial charge in [0, 0.05) is 66.6 Å². The minimum absolute atomic E-state index is 0.148. The summed E-state index contributed by atoms with van der Waals surface area (Å²) in [4.78, 5) is 2.43. The van der Waals surface area contributed by atoms with E-state index in [1.807, 2.05) is 0 Å². The SMILES string of the molecule is CC1(C)c2ccccc2-c2ccc(N(c3ccc(-c4ccc5c6ccccc6n(-c6ccccc6)c5c4)cc3)c3ccc4c(c3)-c3oc(-c5ccccc5)c(-c5ccccc5)c3C4(C)C)cc21. The van der Waals surface area contributed by atoms with Crippen LogP contribution >= 0.6 is 0 Å². The Morgan fingerprint density at radius 1 is 0.373 bits per heavy atom. The molecule has 0 amide bonds. The first kappa shape index (κ1) is 39.2. The molecule has 2 heterocycles. The van der Waals surface area contributed by atoms with Crippen LogP contribution in [0.5, 0.6) is 0 Å². The van der Waals surface area contributed by atoms with Crippen LogP contribution in [0.15, 0.2) is 223 Å². The third-order valence-electron chi connectivity index (χ3n) is 14.8. The standard InChI is InChI=1S/C64H48N2O/c1-63(2)54-26-16-14-24-49(54)50-36-33-48(40-56(50)63)65(46-31-28-41(29-32-46)44-30-35-52-51-25-15-17-27-57(51)66(58(52)38-44)45-22-12-7-13-23-45)47-34-37-55-53(39-47)62-60(64(55,3)4)59(42-18-8-5-9-19-42)61(67-62)43-20-10-6-11-21-43/h5-40H,1-4H3. The first-order valence-electron chi connectivity index (χ1n) is 23.4. The first-order chi connectivity index (χ1) is 32.8. The third-order valence-corrected chi connectivity index (χ3v) is 14.8. The maximum atomic E-state index is 7.16. The van der Waals surface area contributed by atoms with Crippen molar-refractivity contribution < 1.29 is 4.42 Å². The number of fused-ring (bicyclic) bond motifs is 9. The van der Waals surface area contributed by atoms with Crippen LogP contribution < -0.4 is 4.90 Å². The van der Waals surface area contributed by atoms with Crippen LogP contribution in [0.25, 0.3) is 83.5 Å². The Morgan fingerprint density at radius 3 is 1.73 bits per heavy atom. The summed E-state index contributed by atoms with van der Waals surface area (Å²) in [6, 6.07) is 79.8. The predicted molar refractivity (Wildman–Crippen MR) is 279 cm³/mol. The Kier molecular flexibility index (Phi) is 8.60. The number of benzene rings is 9. The fourth-order valence-electron chi connectivity index (χ4n) is 11.5. The molecule has 0 bridgehead atoms. The number of aromatic nitrogens is 1. The molecule has 2 aliphatic rings. The average Bonchev–Trinajstić information content (AvgIpc) is 4.07. The average molecular weight is 861 g/mol. The Balaban J connectivity index is 0.973. The predicted octanol–water partition coefficient (Wildman–Crippen LogP) is 17.5. The summed E-state index contributed by atoms with van der Waals surface area (Å²) in [5, 5.41) is 2.51. The zero-order valence-electron chi connectivity index (χ0n) is 38.1. The largest absolute Gasteiger partial charge is 0.455 e. The molecule has 2 aliphatic carbocycles. The molecule has 0 unspecified atom stereocenters. The maximum absolute atomic E-state index is 7.16. The molecule has 11 aromatic rings. The van der Waals surface area contributed by atoms with Crippen molar-refractivity contribution >= 4 is 38.9 Å². The van der Waals surface area contributed by atoms with E-state index in [9.17, 15) is 0 Å². The summed E-state index contributed by atoms with van der Waals surface area (Å²) < 4.78 is 9.55. The van der Waals surface area contributed by atoms with Crippen molar-refractivity contribution in [2.75, 3.05) is 4.90 Å². The molecule has 0 atom stereocenters. The van der Waals surface area contributed by atoms with Crippen molar-refractivity contribution in [3.63, 3.8) is 0 Å². The van der Waals surface area contributed by atoms with E-state index in [0.717, 1.165) is 51.0 Å². The number of rotatable bonds is 7. The molecule has 0 saturated heterocycles. The van der Waals surface area contributed by atoms with Gasteiger partial charge >= 0.3 is 0 Å². The van der Waals surface area contributed by atoms with Gasteiger partial charge in [0.1, 0.15) is 11.5 Å². The van der Waals surface area contributed by atoms with Crippen molar-refractivity contribution in [3.8, 4) is 61.7 Å². The first-order valence-corrected chi connectivity index (χ1v) is 23.4. The van der Waals surface area contributed by atoms with Gasteiger partial charge in [-0.1, -0.05) is 185 Å². The highest BCUT2D eigenvalue weighted by Gasteiger charge is 2.43. The van der Waals surface area contributed by atoms with E-state index in [-0.39, 0.29) is 10.8 Å². The van der Waals surface area contributed by atoms with Gasteiger partial charge in [-0.15, -0.1) is 0 Å². The van der Waals surface area contributed by atoms with Crippen LogP contribution in [-0.4, -0.2) is 4.57 Å². The lowest BCUT2D eigenvalue weighted by Crippen LogP contribution is -2.17. The number of nitrogens with zero attached hydrogens (tertiary/aromatic N) is 2. The van der Waals surface area contributed by atoms with E-state index < -0.39 is 0 Å². The maximum Gasteiger partial charge on any atom is 0.142 e. The van der Waals surface area contributed by atoms with Gasteiger partial charge in [0.15, 0.2) is 0 Å². The van der Waals surface area contributed by atoms with Crippen LogP contribution in [-0.2, 0) is 10.8 Å². The molecule has 0 fully saturated rings. The highest BCUT2D eigenvalue weighted by molar-refractivity contribution is 6.10. The van der Waals surface area contributed by atoms with Gasteiger partial charge in [0.05, 0.1) is 11.0 Å². The van der Waals surface area contributed by atoms with Gasteiger partial charge in [0.25, 0.3) is 0 Å². The molecule has 0 saturated carbocycles. The zero-order valence-corrected chi connectivity index (χ0v) is 38.1. The second kappa shape index (κ2) is 14.7. The topological polar surface area (TPSA) is 21.3 Å². The monoisotopic (exact) mass is 860 g/mol. The Labute approximate surface area is 391 Å². The lowest BCUT2D eigenvalue weighted by molar-refractivity contribution is 0.593. The smallest absolute Gasteiger partial charge is 0.142 e. The van der Waals surface area contributed by atoms with Crippen LogP contribution in [0.4, 0.5) is 17.1 Å². The van der Waals surface area contributed by atoms with Crippen molar-refractivity contribution in [1.29, 1.82) is 0 Å². The number of hydrogen-bond donors (Lipinski definition) is 0. The highest BCUT2D eigenvalue weighted by Crippen LogP contribution is 2.58. The van der Waals surface area contributed by atoms with Crippen molar-refractivity contribution in [1.82, 2.24) is 4.57 Å². The lowest BCUT2D eigenvalue weighted by atomic mass is 9.79. The van der Waals surface area contributed by atoms with Crippen LogP contribution in [0.3, 0.4) is 0 Å². The third kappa shape index (κ3) is 5.90. The molecular formula is C64H48N2O. The minimum Gasteiger partial charge on any atom is -0.455 e. The molecule has 9 aromatic carbocycles. The Hall–Kier alpha value is -8.14. The summed E-state index contributed by atoms with van der Waals surface area (Å²) in [7, 11) is 0. The molecule has 320 valence electrons. The molecule has 0 spiro atoms. The van der Waals surface area contributed by atoms with Crippen LogP contribution in [0.1, 0.15) is 49.9 Å². The minimum atomic E-state index is -0.298. The number of furan rings is 1. The molecule has 3 heteroatoms. The fourth-order valence-corrected chi connectivity index (χ4v) is 11.5. The summed E-state index contributed by atoms with van der Waals surface area (Å²) in [5.41, 5.74) is 21.1. The van der Waals surface area contributed by atoms with Gasteiger partial charge in [-0.05, 0) is 105 Å². The molecule has 2 aromatic heterocycles. The second-order valence-corrected chi connectivity index (χ2v) is 19.3. The Bertz CT molecular complexity index is 3720. The van der Waals surface area contributed by atoms with Gasteiger partial charge < -0.3 is 13.9 Å². The molecule has 0 aliphatic heterocycles. The van der Waals surface area contributed by atoms with E-state index in [1.165, 1.54) is 71.9 Å². The molecular weight excluding hydrogens is 813 g/mol. The number of para-hydroxylation sites is 2. The summed E-state index contributed by atoms with van der Waals surface area (Å²) >= 11 is 0. The van der Waals surface area contributed by atoms with Crippen molar-refractivity contribution in [2.24, 2.45) is 0 Å². The van der Waals surface area contributed by atoms with Crippen molar-refractivity contribution in [2.45, 2.75) is 38.5 Å². The van der Waals surface area contributed by atoms with Gasteiger partial charge in [-0.3, -0.25) is 0 Å². The molecule has 67 heavy (non-hydrogen) atoms. The Morgan fingerprint density at radius 2 is 0.955 bits per heavy atom. The van der Waals surface area contributed by atoms with E-state index >= 15 is 0 Å². The van der Waals surface area contributed by atoms with E-state index in [2.05, 4.69) is 256 Å². The van der Waals surface area contributed by atoms with Gasteiger partial charge in [-0.25, -0.2) is 0 Å². The van der Waals surface area contributed by atoms with E-state index in [0.29, 0.717) is 0 Å². The fraction of sp³-hybridized carbons (Fsp3) is 0.0938. The second-order valence-electron chi connectivity index (χ2n) is 19.3. The zero-order chi connectivity index (χ0) is 45.0. The quantitative estimate of drug-likeness (QED) is 0.159. The molecule has 3 nitrogen and oxygen atoms in total. The summed E-state index contributed by atoms with van der Waals surface area (Å²) in [6.07, 6.45) is 0. The number of hydrogen-bond acceptors (Lipinski definition) is 2. The van der Waals surface area contributed by atoms with E-state index in [1.54, 1.807) is 0 Å². The number of anilines is 3. The molecule has 0 N–H and O–H groups in total. The molecule has 0 radical (unpaired) electrons. The van der Waals surface area contributed by atoms with E-state index in [4.69, 9.17) is 4.42 Å². The van der Waals surface area contributed by atoms with Crippen LogP contribution in [0.2, 0.25) is 0 Å². The normalized spacial score (nSPS) is 13.9. The van der Waals surface area contributed by atoms with Crippen LogP contribution in [0, 0.1) is 0 Å². The summed E-state index contributed by atoms with van der Waals surface area (Å²) in [5.74, 6) is 1.86. The lowest BCUT2D eigenvalue weighted by Gasteiger charge is -2.29. The van der Waals surface area contributed by atoms with Gasteiger partial charge in [-0.2, -0.15) is 0 Å². The highest BCUT2D eigenvalue weighted by atomic mass is 16.3. The molecule has 13 rings (SSSR count). The van der Waals surface area contributed by atoms with Gasteiger partial charge in [0.2, 0.25) is 0 Å².